The molecule has 0 saturated heterocycles. The summed E-state index contributed by atoms with van der Waals surface area (Å²) in [4.78, 5) is 33.6. The Morgan fingerprint density at radius 3 is 2.64 bits per heavy atom. The monoisotopic (exact) mass is 420 g/mol. The maximum absolute atomic E-state index is 13.3. The number of benzene rings is 1. The van der Waals surface area contributed by atoms with E-state index >= 15 is 0 Å². The summed E-state index contributed by atoms with van der Waals surface area (Å²) in [5.74, 6) is -1.39. The number of amides is 1. The standard InChI is InChI=1S/C20H22ClN3O3S/c1-11-19(28-12(2)22-11)17(25)15-16(13-6-5-7-14(21)10-13)24(9-8-23(3)4)20(27)18(15)26/h5-7,10,16,26H,8-9H2,1-4H3/p+1/t16-/m1/s1. The first-order chi connectivity index (χ1) is 13.2. The number of aliphatic hydroxyl groups is 1. The van der Waals surface area contributed by atoms with E-state index < -0.39 is 17.7 Å². The van der Waals surface area contributed by atoms with Crippen LogP contribution in [0.3, 0.4) is 0 Å². The largest absolute Gasteiger partial charge is 0.503 e. The van der Waals surface area contributed by atoms with E-state index in [-0.39, 0.29) is 11.4 Å². The zero-order valence-electron chi connectivity index (χ0n) is 16.2. The number of likely N-dealkylation sites (N-methyl/N-ethyl adjacent to an activating group) is 1. The van der Waals surface area contributed by atoms with Gasteiger partial charge in [0.15, 0.2) is 5.76 Å². The number of hydrogen-bond donors (Lipinski definition) is 2. The van der Waals surface area contributed by atoms with Gasteiger partial charge < -0.3 is 14.9 Å². The fraction of sp³-hybridized carbons (Fsp3) is 0.350. The number of rotatable bonds is 6. The molecule has 28 heavy (non-hydrogen) atoms. The van der Waals surface area contributed by atoms with Crippen LogP contribution in [0.15, 0.2) is 35.6 Å². The van der Waals surface area contributed by atoms with Crippen molar-refractivity contribution in [1.29, 1.82) is 0 Å². The molecule has 0 unspecified atom stereocenters. The van der Waals surface area contributed by atoms with E-state index in [0.717, 1.165) is 9.91 Å². The van der Waals surface area contributed by atoms with Gasteiger partial charge in [0.25, 0.3) is 5.91 Å². The van der Waals surface area contributed by atoms with Gasteiger partial charge in [-0.15, -0.1) is 11.3 Å². The van der Waals surface area contributed by atoms with Gasteiger partial charge in [0, 0.05) is 5.02 Å². The second-order valence-corrected chi connectivity index (χ2v) is 8.79. The van der Waals surface area contributed by atoms with Crippen LogP contribution in [0.2, 0.25) is 5.02 Å². The lowest BCUT2D eigenvalue weighted by Gasteiger charge is -2.27. The van der Waals surface area contributed by atoms with Crippen molar-refractivity contribution in [2.24, 2.45) is 0 Å². The lowest BCUT2D eigenvalue weighted by molar-refractivity contribution is -0.857. The lowest BCUT2D eigenvalue weighted by atomic mass is 9.95. The molecule has 148 valence electrons. The van der Waals surface area contributed by atoms with Gasteiger partial charge in [-0.25, -0.2) is 4.98 Å². The fourth-order valence-corrected chi connectivity index (χ4v) is 4.42. The molecule has 0 bridgehead atoms. The summed E-state index contributed by atoms with van der Waals surface area (Å²) < 4.78 is 0. The Labute approximate surface area is 173 Å². The normalized spacial score (nSPS) is 17.1. The van der Waals surface area contributed by atoms with Crippen molar-refractivity contribution >= 4 is 34.6 Å². The van der Waals surface area contributed by atoms with E-state index in [2.05, 4.69) is 4.98 Å². The maximum Gasteiger partial charge on any atom is 0.290 e. The molecule has 0 saturated carbocycles. The zero-order chi connectivity index (χ0) is 20.6. The number of nitrogens with zero attached hydrogens (tertiary/aromatic N) is 2. The Morgan fingerprint density at radius 1 is 1.36 bits per heavy atom. The third-order valence-corrected chi connectivity index (χ3v) is 5.98. The smallest absolute Gasteiger partial charge is 0.290 e. The summed E-state index contributed by atoms with van der Waals surface area (Å²) in [6.45, 7) is 4.66. The van der Waals surface area contributed by atoms with E-state index in [1.807, 2.05) is 27.1 Å². The molecule has 2 N–H and O–H groups in total. The molecule has 0 aliphatic carbocycles. The highest BCUT2D eigenvalue weighted by atomic mass is 35.5. The molecule has 1 aliphatic heterocycles. The Balaban J connectivity index is 2.10. The van der Waals surface area contributed by atoms with Crippen molar-refractivity contribution < 1.29 is 19.6 Å². The van der Waals surface area contributed by atoms with Crippen molar-refractivity contribution in [3.05, 3.63) is 61.8 Å². The van der Waals surface area contributed by atoms with Gasteiger partial charge in [-0.2, -0.15) is 0 Å². The predicted octanol–water partition coefficient (Wildman–Crippen LogP) is 2.14. The van der Waals surface area contributed by atoms with E-state index in [9.17, 15) is 14.7 Å². The molecule has 1 aliphatic rings. The number of carbonyl (C=O) groups excluding carboxylic acids is 2. The number of aliphatic hydroxyl groups excluding tert-OH is 1. The van der Waals surface area contributed by atoms with Gasteiger partial charge >= 0.3 is 0 Å². The van der Waals surface area contributed by atoms with Crippen LogP contribution in [-0.4, -0.2) is 53.9 Å². The minimum absolute atomic E-state index is 0.0905. The Morgan fingerprint density at radius 2 is 2.07 bits per heavy atom. The number of Topliss-reactive ketones (excluding diaryl/α,β-unsaturated/α-hetero) is 1. The third-order valence-electron chi connectivity index (χ3n) is 4.68. The molecule has 1 amide bonds. The number of halogens is 1. The van der Waals surface area contributed by atoms with Crippen molar-refractivity contribution in [1.82, 2.24) is 9.88 Å². The zero-order valence-corrected chi connectivity index (χ0v) is 17.8. The summed E-state index contributed by atoms with van der Waals surface area (Å²) >= 11 is 7.43. The van der Waals surface area contributed by atoms with Gasteiger partial charge in [0.05, 0.1) is 54.4 Å². The molecule has 2 heterocycles. The Kier molecular flexibility index (Phi) is 5.88. The molecule has 0 spiro atoms. The van der Waals surface area contributed by atoms with Crippen LogP contribution in [0.1, 0.15) is 32.0 Å². The highest BCUT2D eigenvalue weighted by Crippen LogP contribution is 2.40. The van der Waals surface area contributed by atoms with E-state index in [4.69, 9.17) is 11.6 Å². The van der Waals surface area contributed by atoms with Crippen LogP contribution in [0.4, 0.5) is 0 Å². The molecule has 2 aromatic rings. The molecule has 0 fully saturated rings. The first-order valence-electron chi connectivity index (χ1n) is 8.98. The number of quaternary nitrogens is 1. The fourth-order valence-electron chi connectivity index (χ4n) is 3.35. The van der Waals surface area contributed by atoms with Crippen LogP contribution >= 0.6 is 22.9 Å². The number of ketones is 1. The van der Waals surface area contributed by atoms with Crippen molar-refractivity contribution in [2.75, 3.05) is 27.2 Å². The van der Waals surface area contributed by atoms with Crippen LogP contribution in [-0.2, 0) is 4.79 Å². The van der Waals surface area contributed by atoms with Crippen molar-refractivity contribution in [3.8, 4) is 0 Å². The van der Waals surface area contributed by atoms with Gasteiger partial charge in [0.2, 0.25) is 5.78 Å². The number of carbonyl (C=O) groups is 2. The number of nitrogens with one attached hydrogen (secondary N) is 1. The highest BCUT2D eigenvalue weighted by molar-refractivity contribution is 7.14. The molecule has 0 radical (unpaired) electrons. The van der Waals surface area contributed by atoms with Crippen LogP contribution < -0.4 is 4.90 Å². The van der Waals surface area contributed by atoms with Crippen molar-refractivity contribution in [3.63, 3.8) is 0 Å². The topological polar surface area (TPSA) is 74.9 Å². The minimum Gasteiger partial charge on any atom is -0.503 e. The summed E-state index contributed by atoms with van der Waals surface area (Å²) in [5, 5.41) is 11.9. The average molecular weight is 421 g/mol. The van der Waals surface area contributed by atoms with E-state index in [1.165, 1.54) is 11.3 Å². The second-order valence-electron chi connectivity index (χ2n) is 7.15. The highest BCUT2D eigenvalue weighted by Gasteiger charge is 2.44. The van der Waals surface area contributed by atoms with Crippen molar-refractivity contribution in [2.45, 2.75) is 19.9 Å². The molecule has 1 aromatic carbocycles. The second kappa shape index (κ2) is 8.03. The average Bonchev–Trinajstić information content (AvgIpc) is 3.09. The molecular weight excluding hydrogens is 398 g/mol. The number of aromatic nitrogens is 1. The van der Waals surface area contributed by atoms with E-state index in [1.54, 1.807) is 30.0 Å². The van der Waals surface area contributed by atoms with Crippen LogP contribution in [0, 0.1) is 13.8 Å². The SMILES string of the molecule is Cc1nc(C)c(C(=O)C2=C(O)C(=O)N(CC[NH+](C)C)[C@@H]2c2cccc(Cl)c2)s1. The van der Waals surface area contributed by atoms with Gasteiger partial charge in [0.1, 0.15) is 0 Å². The number of hydrogen-bond acceptors (Lipinski definition) is 5. The molecular formula is C20H23ClN3O3S+. The number of aryl methyl sites for hydroxylation is 2. The summed E-state index contributed by atoms with van der Waals surface area (Å²) in [5.41, 5.74) is 1.38. The maximum atomic E-state index is 13.3. The summed E-state index contributed by atoms with van der Waals surface area (Å²) in [7, 11) is 3.97. The first-order valence-corrected chi connectivity index (χ1v) is 10.2. The van der Waals surface area contributed by atoms with Gasteiger partial charge in [-0.05, 0) is 31.5 Å². The van der Waals surface area contributed by atoms with E-state index in [0.29, 0.717) is 34.2 Å². The molecule has 8 heteroatoms. The molecule has 6 nitrogen and oxygen atoms in total. The van der Waals surface area contributed by atoms with Gasteiger partial charge in [-0.1, -0.05) is 23.7 Å². The van der Waals surface area contributed by atoms with Gasteiger partial charge in [-0.3, -0.25) is 9.59 Å². The van der Waals surface area contributed by atoms with Crippen LogP contribution in [0.5, 0.6) is 0 Å². The number of thiazole rings is 1. The summed E-state index contributed by atoms with van der Waals surface area (Å²) in [6.07, 6.45) is 0. The third kappa shape index (κ3) is 3.83. The van der Waals surface area contributed by atoms with Crippen LogP contribution in [0.25, 0.3) is 0 Å². The lowest BCUT2D eigenvalue weighted by Crippen LogP contribution is -3.06. The summed E-state index contributed by atoms with van der Waals surface area (Å²) in [6, 6.07) is 6.37. The first kappa shape index (κ1) is 20.5. The Hall–Kier alpha value is -2.22. The minimum atomic E-state index is -0.681. The Bertz CT molecular complexity index is 967. The molecule has 3 rings (SSSR count). The molecule has 1 atom stereocenters. The predicted molar refractivity (Wildman–Crippen MR) is 109 cm³/mol. The quantitative estimate of drug-likeness (QED) is 0.702. The molecule has 1 aromatic heterocycles.